The number of carbonyl (C=O) groups excluding carboxylic acids is 2. The first-order valence-corrected chi connectivity index (χ1v) is 10.3. The summed E-state index contributed by atoms with van der Waals surface area (Å²) in [5, 5.41) is 25.6. The van der Waals surface area contributed by atoms with Crippen LogP contribution < -0.4 is 10.6 Å². The molecule has 0 fully saturated rings. The molecule has 32 heavy (non-hydrogen) atoms. The van der Waals surface area contributed by atoms with Crippen LogP contribution in [0, 0.1) is 0 Å². The third-order valence-electron chi connectivity index (χ3n) is 4.14. The van der Waals surface area contributed by atoms with Crippen LogP contribution in [-0.2, 0) is 9.47 Å². The molecule has 2 rings (SSSR count). The van der Waals surface area contributed by atoms with Gasteiger partial charge in [-0.25, -0.2) is 9.59 Å². The Bertz CT molecular complexity index is 868. The first-order valence-electron chi connectivity index (χ1n) is 10.3. The first kappa shape index (κ1) is 24.8. The summed E-state index contributed by atoms with van der Waals surface area (Å²) in [4.78, 5) is 25.3. The van der Waals surface area contributed by atoms with Crippen LogP contribution in [0.15, 0.2) is 48.5 Å². The summed E-state index contributed by atoms with van der Waals surface area (Å²) in [5.41, 5.74) is -0.459. The van der Waals surface area contributed by atoms with E-state index >= 15 is 0 Å². The number of phenols is 2. The molecule has 2 amide bonds. The van der Waals surface area contributed by atoms with Gasteiger partial charge in [-0.2, -0.15) is 0 Å². The van der Waals surface area contributed by atoms with Gasteiger partial charge in [-0.1, -0.05) is 24.3 Å². The van der Waals surface area contributed by atoms with Crippen molar-refractivity contribution >= 4 is 12.2 Å². The molecule has 0 heterocycles. The van der Waals surface area contributed by atoms with Crippen molar-refractivity contribution < 1.29 is 29.3 Å². The molecule has 0 unspecified atom stereocenters. The van der Waals surface area contributed by atoms with Gasteiger partial charge in [0.1, 0.15) is 22.7 Å². The summed E-state index contributed by atoms with van der Waals surface area (Å²) in [6, 6.07) is 10.9. The Morgan fingerprint density at radius 3 is 1.34 bits per heavy atom. The molecule has 0 saturated carbocycles. The molecule has 8 heteroatoms. The molecule has 4 N–H and O–H groups in total. The highest BCUT2D eigenvalue weighted by Gasteiger charge is 2.32. The largest absolute Gasteiger partial charge is 0.508 e. The molecule has 0 spiro atoms. The molecule has 174 valence electrons. The fraction of sp³-hybridized carbons (Fsp3) is 0.417. The Morgan fingerprint density at radius 1 is 0.719 bits per heavy atom. The molecule has 0 aliphatic heterocycles. The molecule has 0 aromatic heterocycles. The number of amides is 2. The molecule has 0 aliphatic carbocycles. The number of hydrogen-bond donors (Lipinski definition) is 4. The van der Waals surface area contributed by atoms with Crippen LogP contribution in [0.5, 0.6) is 11.5 Å². The molecule has 2 aromatic rings. The topological polar surface area (TPSA) is 117 Å². The Hall–Kier alpha value is -3.42. The van der Waals surface area contributed by atoms with Gasteiger partial charge in [0.25, 0.3) is 0 Å². The van der Waals surface area contributed by atoms with Crippen molar-refractivity contribution in [2.45, 2.75) is 64.8 Å². The number of carbonyl (C=O) groups is 2. The lowest BCUT2D eigenvalue weighted by molar-refractivity contribution is 0.0427. The number of nitrogens with one attached hydrogen (secondary N) is 2. The van der Waals surface area contributed by atoms with Crippen molar-refractivity contribution in [2.75, 3.05) is 0 Å². The van der Waals surface area contributed by atoms with E-state index in [1.165, 1.54) is 24.3 Å². The van der Waals surface area contributed by atoms with Crippen molar-refractivity contribution in [1.29, 1.82) is 0 Å². The minimum Gasteiger partial charge on any atom is -0.508 e. The van der Waals surface area contributed by atoms with Crippen molar-refractivity contribution in [3.63, 3.8) is 0 Å². The second kappa shape index (κ2) is 9.80. The molecule has 0 bridgehead atoms. The zero-order chi connectivity index (χ0) is 24.1. The summed E-state index contributed by atoms with van der Waals surface area (Å²) in [5.74, 6) is -0.0177. The van der Waals surface area contributed by atoms with Crippen LogP contribution in [0.4, 0.5) is 9.59 Å². The number of rotatable bonds is 5. The van der Waals surface area contributed by atoms with Gasteiger partial charge in [0.2, 0.25) is 0 Å². The quantitative estimate of drug-likeness (QED) is 0.519. The maximum absolute atomic E-state index is 12.7. The van der Waals surface area contributed by atoms with Crippen LogP contribution in [0.2, 0.25) is 0 Å². The Balaban J connectivity index is 2.51. The lowest BCUT2D eigenvalue weighted by atomic mass is 9.93. The highest BCUT2D eigenvalue weighted by molar-refractivity contribution is 5.71. The van der Waals surface area contributed by atoms with Gasteiger partial charge >= 0.3 is 12.2 Å². The van der Waals surface area contributed by atoms with E-state index in [4.69, 9.17) is 9.47 Å². The van der Waals surface area contributed by atoms with E-state index in [9.17, 15) is 19.8 Å². The van der Waals surface area contributed by atoms with Crippen molar-refractivity contribution in [3.05, 3.63) is 59.7 Å². The summed E-state index contributed by atoms with van der Waals surface area (Å²) in [7, 11) is 0. The molecular weight excluding hydrogens is 412 g/mol. The van der Waals surface area contributed by atoms with E-state index in [1.807, 2.05) is 0 Å². The van der Waals surface area contributed by atoms with Gasteiger partial charge in [-0.15, -0.1) is 0 Å². The van der Waals surface area contributed by atoms with E-state index < -0.39 is 35.5 Å². The minimum atomic E-state index is -0.855. The molecule has 8 nitrogen and oxygen atoms in total. The van der Waals surface area contributed by atoms with Gasteiger partial charge in [0.05, 0.1) is 12.1 Å². The average Bonchev–Trinajstić information content (AvgIpc) is 2.61. The third kappa shape index (κ3) is 8.02. The highest BCUT2D eigenvalue weighted by atomic mass is 16.6. The van der Waals surface area contributed by atoms with Crippen LogP contribution in [0.3, 0.4) is 0 Å². The van der Waals surface area contributed by atoms with E-state index in [2.05, 4.69) is 10.6 Å². The van der Waals surface area contributed by atoms with E-state index in [-0.39, 0.29) is 11.5 Å². The molecule has 0 aliphatic rings. The molecule has 2 atom stereocenters. The SMILES string of the molecule is CC(C)(C)OC(=O)N[C@H](c1cccc(O)c1)[C@H](NC(=O)OC(C)(C)C)c1cccc(O)c1. The van der Waals surface area contributed by atoms with Crippen molar-refractivity contribution in [2.24, 2.45) is 0 Å². The molecular formula is C24H32N2O6. The average molecular weight is 445 g/mol. The summed E-state index contributed by atoms with van der Waals surface area (Å²) >= 11 is 0. The standard InChI is InChI=1S/C24H32N2O6/c1-23(2,3)31-21(29)25-19(15-9-7-11-17(27)13-15)20(16-10-8-12-18(28)14-16)26-22(30)32-24(4,5)6/h7-14,19-20,27-28H,1-6H3,(H,25,29)(H,26,30)/t19-,20-/m1/s1. The Kier molecular flexibility index (Phi) is 7.61. The number of phenolic OH excluding ortho intramolecular Hbond substituents is 2. The lowest BCUT2D eigenvalue weighted by Crippen LogP contribution is -2.44. The third-order valence-corrected chi connectivity index (χ3v) is 4.14. The zero-order valence-electron chi connectivity index (χ0n) is 19.3. The number of alkyl carbamates (subject to hydrolysis) is 2. The highest BCUT2D eigenvalue weighted by Crippen LogP contribution is 2.33. The number of hydrogen-bond acceptors (Lipinski definition) is 6. The van der Waals surface area contributed by atoms with Crippen molar-refractivity contribution in [1.82, 2.24) is 10.6 Å². The van der Waals surface area contributed by atoms with Crippen LogP contribution >= 0.6 is 0 Å². The number of ether oxygens (including phenoxy) is 2. The Labute approximate surface area is 188 Å². The van der Waals surface area contributed by atoms with Gasteiger partial charge in [0.15, 0.2) is 0 Å². The predicted molar refractivity (Wildman–Crippen MR) is 120 cm³/mol. The van der Waals surface area contributed by atoms with Gasteiger partial charge in [-0.05, 0) is 76.9 Å². The molecule has 2 aromatic carbocycles. The van der Waals surface area contributed by atoms with E-state index in [0.717, 1.165) is 0 Å². The zero-order valence-corrected chi connectivity index (χ0v) is 19.3. The van der Waals surface area contributed by atoms with E-state index in [1.54, 1.807) is 65.8 Å². The van der Waals surface area contributed by atoms with Crippen LogP contribution in [-0.4, -0.2) is 33.6 Å². The fourth-order valence-corrected chi connectivity index (χ4v) is 3.02. The predicted octanol–water partition coefficient (Wildman–Crippen LogP) is 4.93. The molecule has 0 saturated heterocycles. The number of benzene rings is 2. The van der Waals surface area contributed by atoms with Gasteiger partial charge < -0.3 is 30.3 Å². The number of aromatic hydroxyl groups is 2. The first-order chi connectivity index (χ1) is 14.7. The fourth-order valence-electron chi connectivity index (χ4n) is 3.02. The summed E-state index contributed by atoms with van der Waals surface area (Å²) < 4.78 is 10.8. The smallest absolute Gasteiger partial charge is 0.408 e. The summed E-state index contributed by atoms with van der Waals surface area (Å²) in [6.45, 7) is 10.4. The Morgan fingerprint density at radius 2 is 1.06 bits per heavy atom. The maximum Gasteiger partial charge on any atom is 0.408 e. The van der Waals surface area contributed by atoms with Crippen molar-refractivity contribution in [3.8, 4) is 11.5 Å². The van der Waals surface area contributed by atoms with Gasteiger partial charge in [0, 0.05) is 0 Å². The summed E-state index contributed by atoms with van der Waals surface area (Å²) in [6.07, 6.45) is -1.41. The van der Waals surface area contributed by atoms with Crippen LogP contribution in [0.25, 0.3) is 0 Å². The van der Waals surface area contributed by atoms with Crippen LogP contribution in [0.1, 0.15) is 64.8 Å². The molecule has 0 radical (unpaired) electrons. The normalized spacial score (nSPS) is 13.6. The second-order valence-electron chi connectivity index (χ2n) is 9.44. The second-order valence-corrected chi connectivity index (χ2v) is 9.44. The maximum atomic E-state index is 12.7. The van der Waals surface area contributed by atoms with E-state index in [0.29, 0.717) is 11.1 Å². The monoisotopic (exact) mass is 444 g/mol. The minimum absolute atomic E-state index is 0.00887. The van der Waals surface area contributed by atoms with Gasteiger partial charge in [-0.3, -0.25) is 0 Å². The lowest BCUT2D eigenvalue weighted by Gasteiger charge is -2.31.